The van der Waals surface area contributed by atoms with Crippen molar-refractivity contribution in [3.8, 4) is 0 Å². The molecule has 0 radical (unpaired) electrons. The van der Waals surface area contributed by atoms with Gasteiger partial charge in [0, 0.05) is 48.7 Å². The fourth-order valence-electron chi connectivity index (χ4n) is 1.96. The van der Waals surface area contributed by atoms with E-state index in [-0.39, 0.29) is 5.84 Å². The Morgan fingerprint density at radius 1 is 1.53 bits per heavy atom. The van der Waals surface area contributed by atoms with Crippen LogP contribution >= 0.6 is 11.6 Å². The van der Waals surface area contributed by atoms with Crippen LogP contribution in [0.1, 0.15) is 11.1 Å². The Kier molecular flexibility index (Phi) is 3.76. The number of aromatic nitrogens is 2. The third-order valence-electron chi connectivity index (χ3n) is 2.84. The number of aryl methyl sites for hydroxylation is 1. The van der Waals surface area contributed by atoms with E-state index >= 15 is 0 Å². The fraction of sp³-hybridized carbons (Fsp3) is 0.231. The summed E-state index contributed by atoms with van der Waals surface area (Å²) in [6, 6.07) is 5.31. The molecule has 19 heavy (non-hydrogen) atoms. The Morgan fingerprint density at radius 2 is 2.26 bits per heavy atom. The van der Waals surface area contributed by atoms with Gasteiger partial charge in [-0.2, -0.15) is 5.10 Å². The number of nitrogens with zero attached hydrogens (tertiary/aromatic N) is 3. The first-order valence-corrected chi connectivity index (χ1v) is 6.18. The number of benzene rings is 1. The number of amidine groups is 1. The molecule has 6 heteroatoms. The fourth-order valence-corrected chi connectivity index (χ4v) is 2.13. The van der Waals surface area contributed by atoms with Crippen molar-refractivity contribution in [3.05, 3.63) is 46.7 Å². The highest BCUT2D eigenvalue weighted by molar-refractivity contribution is 6.31. The third-order valence-corrected chi connectivity index (χ3v) is 3.07. The van der Waals surface area contributed by atoms with Crippen molar-refractivity contribution in [3.63, 3.8) is 0 Å². The molecule has 0 fully saturated rings. The number of hydrogen-bond donors (Lipinski definition) is 2. The van der Waals surface area contributed by atoms with Gasteiger partial charge in [0.2, 0.25) is 0 Å². The van der Waals surface area contributed by atoms with Crippen LogP contribution in [0.15, 0.2) is 30.6 Å². The summed E-state index contributed by atoms with van der Waals surface area (Å²) in [5.41, 5.74) is 8.19. The predicted molar refractivity (Wildman–Crippen MR) is 77.8 cm³/mol. The highest BCUT2D eigenvalue weighted by Crippen LogP contribution is 2.25. The van der Waals surface area contributed by atoms with Gasteiger partial charge >= 0.3 is 0 Å². The Morgan fingerprint density at radius 3 is 2.84 bits per heavy atom. The standard InChI is InChI=1S/C13H16ClN5/c1-18(7-9-6-17-19(2)8-9)12-5-10(14)3-4-11(12)13(15)16/h3-6,8H,7H2,1-2H3,(H3,15,16). The van der Waals surface area contributed by atoms with Crippen molar-refractivity contribution in [2.24, 2.45) is 12.8 Å². The van der Waals surface area contributed by atoms with E-state index in [0.29, 0.717) is 17.1 Å². The van der Waals surface area contributed by atoms with Crippen molar-refractivity contribution >= 4 is 23.1 Å². The lowest BCUT2D eigenvalue weighted by Crippen LogP contribution is -2.21. The second-order valence-corrected chi connectivity index (χ2v) is 4.89. The van der Waals surface area contributed by atoms with Gasteiger partial charge < -0.3 is 10.6 Å². The maximum absolute atomic E-state index is 7.62. The van der Waals surface area contributed by atoms with Crippen LogP contribution in [-0.4, -0.2) is 22.7 Å². The molecule has 0 saturated heterocycles. The maximum Gasteiger partial charge on any atom is 0.124 e. The maximum atomic E-state index is 7.62. The van der Waals surface area contributed by atoms with Crippen LogP contribution in [0.3, 0.4) is 0 Å². The first-order chi connectivity index (χ1) is 8.97. The number of rotatable bonds is 4. The largest absolute Gasteiger partial charge is 0.384 e. The minimum atomic E-state index is 0.0321. The van der Waals surface area contributed by atoms with Gasteiger partial charge in [-0.3, -0.25) is 10.1 Å². The molecule has 2 aromatic rings. The monoisotopic (exact) mass is 277 g/mol. The van der Waals surface area contributed by atoms with Crippen LogP contribution in [0, 0.1) is 5.41 Å². The summed E-state index contributed by atoms with van der Waals surface area (Å²) in [6.07, 6.45) is 3.77. The van der Waals surface area contributed by atoms with Gasteiger partial charge in [0.1, 0.15) is 5.84 Å². The number of halogens is 1. The normalized spacial score (nSPS) is 10.5. The Labute approximate surface area is 117 Å². The molecule has 1 aromatic heterocycles. The molecular formula is C13H16ClN5. The molecule has 0 aliphatic rings. The molecule has 0 amide bonds. The lowest BCUT2D eigenvalue weighted by atomic mass is 10.1. The van der Waals surface area contributed by atoms with Crippen molar-refractivity contribution in [2.45, 2.75) is 6.54 Å². The van der Waals surface area contributed by atoms with E-state index in [1.54, 1.807) is 16.8 Å². The first-order valence-electron chi connectivity index (χ1n) is 5.80. The highest BCUT2D eigenvalue weighted by atomic mass is 35.5. The summed E-state index contributed by atoms with van der Waals surface area (Å²) in [7, 11) is 3.81. The van der Waals surface area contributed by atoms with Crippen molar-refractivity contribution < 1.29 is 0 Å². The molecule has 1 heterocycles. The lowest BCUT2D eigenvalue weighted by molar-refractivity contribution is 0.766. The lowest BCUT2D eigenvalue weighted by Gasteiger charge is -2.21. The van der Waals surface area contributed by atoms with Crippen LogP contribution in [0.2, 0.25) is 5.02 Å². The second kappa shape index (κ2) is 5.32. The first kappa shape index (κ1) is 13.4. The topological polar surface area (TPSA) is 70.9 Å². The van der Waals surface area contributed by atoms with Gasteiger partial charge in [0.05, 0.1) is 6.20 Å². The van der Waals surface area contributed by atoms with Gasteiger partial charge in [-0.05, 0) is 18.2 Å². The summed E-state index contributed by atoms with van der Waals surface area (Å²) >= 11 is 6.02. The van der Waals surface area contributed by atoms with E-state index in [1.807, 2.05) is 37.5 Å². The molecule has 0 bridgehead atoms. The molecule has 0 saturated carbocycles. The quantitative estimate of drug-likeness (QED) is 0.663. The van der Waals surface area contributed by atoms with E-state index in [0.717, 1.165) is 11.3 Å². The molecule has 2 rings (SSSR count). The molecule has 0 unspecified atom stereocenters. The van der Waals surface area contributed by atoms with Crippen LogP contribution in [0.5, 0.6) is 0 Å². The Balaban J connectivity index is 2.29. The zero-order valence-corrected chi connectivity index (χ0v) is 11.6. The van der Waals surface area contributed by atoms with E-state index in [1.165, 1.54) is 0 Å². The Hall–Kier alpha value is -2.01. The van der Waals surface area contributed by atoms with Gasteiger partial charge in [0.15, 0.2) is 0 Å². The van der Waals surface area contributed by atoms with E-state index in [9.17, 15) is 0 Å². The Bertz CT molecular complexity index is 605. The van der Waals surface area contributed by atoms with Crippen molar-refractivity contribution in [1.29, 1.82) is 5.41 Å². The number of nitrogens with one attached hydrogen (secondary N) is 1. The van der Waals surface area contributed by atoms with Gasteiger partial charge in [-0.15, -0.1) is 0 Å². The van der Waals surface area contributed by atoms with Gasteiger partial charge in [-0.25, -0.2) is 0 Å². The van der Waals surface area contributed by atoms with Crippen LogP contribution in [-0.2, 0) is 13.6 Å². The highest BCUT2D eigenvalue weighted by Gasteiger charge is 2.11. The average Bonchev–Trinajstić information content (AvgIpc) is 2.74. The minimum Gasteiger partial charge on any atom is -0.384 e. The number of nitrogens with two attached hydrogens (primary N) is 1. The number of nitrogen functional groups attached to an aromatic ring is 1. The predicted octanol–water partition coefficient (Wildman–Crippen LogP) is 1.99. The van der Waals surface area contributed by atoms with E-state index < -0.39 is 0 Å². The van der Waals surface area contributed by atoms with Crippen LogP contribution in [0.4, 0.5) is 5.69 Å². The minimum absolute atomic E-state index is 0.0321. The smallest absolute Gasteiger partial charge is 0.124 e. The second-order valence-electron chi connectivity index (χ2n) is 4.45. The molecule has 1 aromatic carbocycles. The zero-order chi connectivity index (χ0) is 14.0. The molecule has 5 nitrogen and oxygen atoms in total. The molecule has 0 spiro atoms. The summed E-state index contributed by atoms with van der Waals surface area (Å²) in [5, 5.41) is 12.4. The summed E-state index contributed by atoms with van der Waals surface area (Å²) in [6.45, 7) is 0.675. The molecule has 0 atom stereocenters. The zero-order valence-electron chi connectivity index (χ0n) is 10.9. The molecule has 100 valence electrons. The molecular weight excluding hydrogens is 262 g/mol. The number of hydrogen-bond acceptors (Lipinski definition) is 3. The van der Waals surface area contributed by atoms with Crippen molar-refractivity contribution in [2.75, 3.05) is 11.9 Å². The molecule has 0 aliphatic heterocycles. The third kappa shape index (κ3) is 3.06. The average molecular weight is 278 g/mol. The van der Waals surface area contributed by atoms with Crippen molar-refractivity contribution in [1.82, 2.24) is 9.78 Å². The van der Waals surface area contributed by atoms with Crippen LogP contribution < -0.4 is 10.6 Å². The van der Waals surface area contributed by atoms with E-state index in [4.69, 9.17) is 22.7 Å². The SMILES string of the molecule is CN(Cc1cnn(C)c1)c1cc(Cl)ccc1C(=N)N. The van der Waals surface area contributed by atoms with E-state index in [2.05, 4.69) is 5.10 Å². The summed E-state index contributed by atoms with van der Waals surface area (Å²) < 4.78 is 1.76. The molecule has 3 N–H and O–H groups in total. The van der Waals surface area contributed by atoms with Gasteiger partial charge in [-0.1, -0.05) is 11.6 Å². The summed E-state index contributed by atoms with van der Waals surface area (Å²) in [4.78, 5) is 2.00. The molecule has 0 aliphatic carbocycles. The number of anilines is 1. The summed E-state index contributed by atoms with van der Waals surface area (Å²) in [5.74, 6) is 0.0321. The van der Waals surface area contributed by atoms with Crippen LogP contribution in [0.25, 0.3) is 0 Å². The van der Waals surface area contributed by atoms with Gasteiger partial charge in [0.25, 0.3) is 0 Å².